The average molecular weight is 302 g/mol. The number of carbonyl (C=O) groups is 1. The molecule has 0 amide bonds. The number of rotatable bonds is 3. The van der Waals surface area contributed by atoms with Crippen molar-refractivity contribution in [1.29, 1.82) is 0 Å². The Bertz CT molecular complexity index is 785. The van der Waals surface area contributed by atoms with Gasteiger partial charge in [-0.15, -0.1) is 0 Å². The highest BCUT2D eigenvalue weighted by atomic mass is 16.5. The summed E-state index contributed by atoms with van der Waals surface area (Å²) in [5.74, 6) is 2.09. The molecular formula is C21H18O2. The first-order valence-electron chi connectivity index (χ1n) is 8.06. The van der Waals surface area contributed by atoms with Crippen LogP contribution in [0.3, 0.4) is 0 Å². The fraction of sp³-hybridized carbons (Fsp3) is 0.190. The second-order valence-corrected chi connectivity index (χ2v) is 6.06. The number of ether oxygens (including phenoxy) is 1. The molecule has 1 unspecified atom stereocenters. The first kappa shape index (κ1) is 14.0. The lowest BCUT2D eigenvalue weighted by Crippen LogP contribution is -2.16. The summed E-state index contributed by atoms with van der Waals surface area (Å²) in [6.45, 7) is 0. The van der Waals surface area contributed by atoms with Crippen LogP contribution in [0.5, 0.6) is 0 Å². The Morgan fingerprint density at radius 1 is 0.913 bits per heavy atom. The third-order valence-corrected chi connectivity index (χ3v) is 4.49. The van der Waals surface area contributed by atoms with E-state index < -0.39 is 0 Å². The lowest BCUT2D eigenvalue weighted by molar-refractivity contribution is -0.115. The van der Waals surface area contributed by atoms with Crippen molar-refractivity contribution < 1.29 is 9.53 Å². The molecule has 2 aromatic rings. The van der Waals surface area contributed by atoms with Gasteiger partial charge in [0.25, 0.3) is 0 Å². The number of allylic oxidation sites excluding steroid dienone is 3. The van der Waals surface area contributed by atoms with E-state index in [1.807, 2.05) is 48.5 Å². The Labute approximate surface area is 136 Å². The first-order chi connectivity index (χ1) is 11.3. The van der Waals surface area contributed by atoms with Crippen molar-refractivity contribution in [2.45, 2.75) is 19.3 Å². The highest BCUT2D eigenvalue weighted by molar-refractivity contribution is 6.00. The molecule has 4 rings (SSSR count). The average Bonchev–Trinajstić information content (AvgIpc) is 2.98. The maximum absolute atomic E-state index is 12.3. The smallest absolute Gasteiger partial charge is 0.163 e. The van der Waals surface area contributed by atoms with Crippen molar-refractivity contribution in [3.63, 3.8) is 0 Å². The van der Waals surface area contributed by atoms with Crippen LogP contribution in [0.25, 0.3) is 5.76 Å². The summed E-state index contributed by atoms with van der Waals surface area (Å²) in [5, 5.41) is 0. The van der Waals surface area contributed by atoms with E-state index >= 15 is 0 Å². The number of benzene rings is 2. The molecule has 1 atom stereocenters. The molecule has 0 bridgehead atoms. The third-order valence-electron chi connectivity index (χ3n) is 4.49. The highest BCUT2D eigenvalue weighted by Gasteiger charge is 2.34. The van der Waals surface area contributed by atoms with E-state index in [9.17, 15) is 4.79 Å². The summed E-state index contributed by atoms with van der Waals surface area (Å²) in [6.07, 6.45) is 4.25. The largest absolute Gasteiger partial charge is 0.461 e. The predicted molar refractivity (Wildman–Crippen MR) is 90.4 cm³/mol. The van der Waals surface area contributed by atoms with Crippen molar-refractivity contribution in [3.05, 3.63) is 89.2 Å². The second kappa shape index (κ2) is 5.88. The van der Waals surface area contributed by atoms with Crippen LogP contribution in [0.1, 0.15) is 24.0 Å². The van der Waals surface area contributed by atoms with Gasteiger partial charge in [-0.25, -0.2) is 0 Å². The zero-order chi connectivity index (χ0) is 15.6. The van der Waals surface area contributed by atoms with Crippen LogP contribution in [0.15, 0.2) is 78.1 Å². The molecule has 0 fully saturated rings. The number of Topliss-reactive ketones (excluding diaryl/α,β-unsaturated/α-hetero) is 1. The van der Waals surface area contributed by atoms with Gasteiger partial charge in [0.05, 0.1) is 0 Å². The Morgan fingerprint density at radius 3 is 2.35 bits per heavy atom. The topological polar surface area (TPSA) is 26.3 Å². The standard InChI is InChI=1S/C21H18O2/c22-18-11-12-19-21(18)17(13-15-7-3-1-4-8-15)14-20(23-19)16-9-5-2-6-10-16/h1-10,14,17H,11-13H2. The third kappa shape index (κ3) is 2.72. The van der Waals surface area contributed by atoms with E-state index in [4.69, 9.17) is 4.74 Å². The van der Waals surface area contributed by atoms with Crippen LogP contribution < -0.4 is 0 Å². The van der Waals surface area contributed by atoms with Crippen molar-refractivity contribution in [1.82, 2.24) is 0 Å². The van der Waals surface area contributed by atoms with Crippen molar-refractivity contribution >= 4 is 11.5 Å². The minimum absolute atomic E-state index is 0.103. The quantitative estimate of drug-likeness (QED) is 0.832. The fourth-order valence-corrected chi connectivity index (χ4v) is 3.39. The molecule has 0 saturated carbocycles. The Balaban J connectivity index is 1.71. The fourth-order valence-electron chi connectivity index (χ4n) is 3.39. The Hall–Kier alpha value is -2.61. The van der Waals surface area contributed by atoms with Gasteiger partial charge in [0.15, 0.2) is 5.78 Å². The monoisotopic (exact) mass is 302 g/mol. The van der Waals surface area contributed by atoms with Crippen LogP contribution in [-0.4, -0.2) is 5.78 Å². The molecule has 0 spiro atoms. The van der Waals surface area contributed by atoms with Crippen molar-refractivity contribution in [2.75, 3.05) is 0 Å². The van der Waals surface area contributed by atoms with E-state index in [0.717, 1.165) is 35.5 Å². The molecule has 0 aromatic heterocycles. The zero-order valence-corrected chi connectivity index (χ0v) is 12.9. The van der Waals surface area contributed by atoms with Crippen LogP contribution >= 0.6 is 0 Å². The van der Waals surface area contributed by atoms with Gasteiger partial charge in [0, 0.05) is 29.9 Å². The molecular weight excluding hydrogens is 284 g/mol. The van der Waals surface area contributed by atoms with Gasteiger partial charge >= 0.3 is 0 Å². The van der Waals surface area contributed by atoms with Crippen LogP contribution in [-0.2, 0) is 16.0 Å². The molecule has 2 aliphatic rings. The molecule has 2 heteroatoms. The minimum Gasteiger partial charge on any atom is -0.461 e. The van der Waals surface area contributed by atoms with Gasteiger partial charge in [0.1, 0.15) is 11.5 Å². The summed E-state index contributed by atoms with van der Waals surface area (Å²) in [6, 6.07) is 20.5. The molecule has 0 radical (unpaired) electrons. The van der Waals surface area contributed by atoms with Crippen LogP contribution in [0.2, 0.25) is 0 Å². The molecule has 1 heterocycles. The van der Waals surface area contributed by atoms with E-state index in [1.54, 1.807) is 0 Å². The van der Waals surface area contributed by atoms with Crippen LogP contribution in [0.4, 0.5) is 0 Å². The molecule has 0 saturated heterocycles. The summed E-state index contributed by atoms with van der Waals surface area (Å²) < 4.78 is 6.05. The zero-order valence-electron chi connectivity index (χ0n) is 12.9. The number of ketones is 1. The van der Waals surface area contributed by atoms with E-state index in [2.05, 4.69) is 18.2 Å². The first-order valence-corrected chi connectivity index (χ1v) is 8.06. The van der Waals surface area contributed by atoms with Gasteiger partial charge in [-0.1, -0.05) is 60.7 Å². The van der Waals surface area contributed by atoms with E-state index in [-0.39, 0.29) is 11.7 Å². The normalized spacial score (nSPS) is 20.1. The minimum atomic E-state index is 0.103. The summed E-state index contributed by atoms with van der Waals surface area (Å²) in [5.41, 5.74) is 3.19. The highest BCUT2D eigenvalue weighted by Crippen LogP contribution is 2.40. The Kier molecular flexibility index (Phi) is 3.58. The van der Waals surface area contributed by atoms with Gasteiger partial charge in [-0.05, 0) is 18.1 Å². The number of hydrogen-bond donors (Lipinski definition) is 0. The van der Waals surface area contributed by atoms with Crippen molar-refractivity contribution in [2.24, 2.45) is 5.92 Å². The van der Waals surface area contributed by atoms with Gasteiger partial charge < -0.3 is 4.74 Å². The summed E-state index contributed by atoms with van der Waals surface area (Å²) >= 11 is 0. The second-order valence-electron chi connectivity index (χ2n) is 6.06. The molecule has 23 heavy (non-hydrogen) atoms. The SMILES string of the molecule is O=C1CCC2=C1C(Cc1ccccc1)C=C(c1ccccc1)O2. The lowest BCUT2D eigenvalue weighted by Gasteiger charge is -2.24. The molecule has 2 aromatic carbocycles. The summed E-state index contributed by atoms with van der Waals surface area (Å²) in [7, 11) is 0. The molecule has 1 aliphatic heterocycles. The lowest BCUT2D eigenvalue weighted by atomic mass is 9.88. The number of hydrogen-bond acceptors (Lipinski definition) is 2. The molecule has 1 aliphatic carbocycles. The van der Waals surface area contributed by atoms with Crippen LogP contribution in [0, 0.1) is 5.92 Å². The van der Waals surface area contributed by atoms with Gasteiger partial charge in [0.2, 0.25) is 0 Å². The molecule has 114 valence electrons. The van der Waals surface area contributed by atoms with Crippen molar-refractivity contribution in [3.8, 4) is 0 Å². The Morgan fingerprint density at radius 2 is 1.61 bits per heavy atom. The van der Waals surface area contributed by atoms with Gasteiger partial charge in [-0.2, -0.15) is 0 Å². The summed E-state index contributed by atoms with van der Waals surface area (Å²) in [4.78, 5) is 12.3. The predicted octanol–water partition coefficient (Wildman–Crippen LogP) is 4.53. The van der Waals surface area contributed by atoms with E-state index in [1.165, 1.54) is 5.56 Å². The number of carbonyl (C=O) groups excluding carboxylic acids is 1. The maximum Gasteiger partial charge on any atom is 0.163 e. The molecule has 0 N–H and O–H groups in total. The van der Waals surface area contributed by atoms with Gasteiger partial charge in [-0.3, -0.25) is 4.79 Å². The maximum atomic E-state index is 12.3. The van der Waals surface area contributed by atoms with E-state index in [0.29, 0.717) is 6.42 Å². The molecule has 2 nitrogen and oxygen atoms in total.